The lowest BCUT2D eigenvalue weighted by atomic mass is 10.0. The number of aromatic nitrogens is 1. The van der Waals surface area contributed by atoms with E-state index >= 15 is 0 Å². The van der Waals surface area contributed by atoms with Crippen molar-refractivity contribution in [1.29, 1.82) is 0 Å². The first-order valence-corrected chi connectivity index (χ1v) is 8.46. The number of nitrogens with zero attached hydrogens (tertiary/aromatic N) is 2. The van der Waals surface area contributed by atoms with Gasteiger partial charge in [-0.1, -0.05) is 13.3 Å². The van der Waals surface area contributed by atoms with Gasteiger partial charge in [0.2, 0.25) is 0 Å². The summed E-state index contributed by atoms with van der Waals surface area (Å²) in [5.41, 5.74) is 2.22. The van der Waals surface area contributed by atoms with Crippen LogP contribution in [0.25, 0.3) is 0 Å². The van der Waals surface area contributed by atoms with E-state index < -0.39 is 0 Å². The minimum Gasteiger partial charge on any atom is -0.384 e. The maximum absolute atomic E-state index is 4.28. The Morgan fingerprint density at radius 2 is 1.95 bits per heavy atom. The molecule has 1 aromatic heterocycles. The smallest absolute Gasteiger partial charge is 0.0547 e. The average Bonchev–Trinajstić information content (AvgIpc) is 2.51. The minimum absolute atomic E-state index is 0.766. The third-order valence-electron chi connectivity index (χ3n) is 4.21. The number of nitrogens with one attached hydrogen (secondary N) is 2. The van der Waals surface area contributed by atoms with Crippen LogP contribution in [-0.2, 0) is 0 Å². The first-order valence-electron chi connectivity index (χ1n) is 8.46. The molecule has 0 aliphatic carbocycles. The van der Waals surface area contributed by atoms with Gasteiger partial charge < -0.3 is 15.5 Å². The first-order chi connectivity index (χ1) is 10.3. The molecule has 0 amide bonds. The van der Waals surface area contributed by atoms with Crippen molar-refractivity contribution in [3.63, 3.8) is 0 Å². The Morgan fingerprint density at radius 1 is 1.19 bits per heavy atom. The first kappa shape index (κ1) is 16.1. The molecule has 2 N–H and O–H groups in total. The van der Waals surface area contributed by atoms with Crippen molar-refractivity contribution in [2.75, 3.05) is 36.8 Å². The van der Waals surface area contributed by atoms with Gasteiger partial charge >= 0.3 is 0 Å². The van der Waals surface area contributed by atoms with Crippen molar-refractivity contribution >= 4 is 11.4 Å². The van der Waals surface area contributed by atoms with Gasteiger partial charge in [-0.3, -0.25) is 4.98 Å². The van der Waals surface area contributed by atoms with Crippen LogP contribution in [0.15, 0.2) is 18.5 Å². The molecule has 1 atom stereocenters. The molecule has 2 heterocycles. The van der Waals surface area contributed by atoms with E-state index in [0.717, 1.165) is 36.9 Å². The fourth-order valence-electron chi connectivity index (χ4n) is 2.91. The summed E-state index contributed by atoms with van der Waals surface area (Å²) in [6.07, 6.45) is 10.2. The predicted molar refractivity (Wildman–Crippen MR) is 91.0 cm³/mol. The molecule has 0 aromatic carbocycles. The molecule has 118 valence electrons. The Morgan fingerprint density at radius 3 is 2.67 bits per heavy atom. The van der Waals surface area contributed by atoms with Crippen LogP contribution in [0.1, 0.15) is 46.0 Å². The summed E-state index contributed by atoms with van der Waals surface area (Å²) in [5.74, 6) is 0. The largest absolute Gasteiger partial charge is 0.384 e. The van der Waals surface area contributed by atoms with Crippen molar-refractivity contribution in [2.24, 2.45) is 0 Å². The summed E-state index contributed by atoms with van der Waals surface area (Å²) in [6.45, 7) is 9.03. The molecule has 2 rings (SSSR count). The molecule has 1 unspecified atom stereocenters. The zero-order chi connectivity index (χ0) is 14.9. The van der Waals surface area contributed by atoms with Crippen LogP contribution in [-0.4, -0.2) is 42.1 Å². The van der Waals surface area contributed by atoms with Gasteiger partial charge in [0, 0.05) is 25.7 Å². The summed E-state index contributed by atoms with van der Waals surface area (Å²) < 4.78 is 0. The number of rotatable bonds is 8. The Hall–Kier alpha value is -1.29. The molecule has 1 saturated heterocycles. The van der Waals surface area contributed by atoms with Gasteiger partial charge in [0.05, 0.1) is 23.8 Å². The van der Waals surface area contributed by atoms with Crippen LogP contribution in [0.2, 0.25) is 0 Å². The summed E-state index contributed by atoms with van der Waals surface area (Å²) in [6, 6.07) is 2.91. The van der Waals surface area contributed by atoms with Gasteiger partial charge in [0.1, 0.15) is 0 Å². The number of likely N-dealkylation sites (tertiary alicyclic amines) is 1. The molecule has 1 aliphatic rings. The molecule has 1 fully saturated rings. The third-order valence-corrected chi connectivity index (χ3v) is 4.21. The van der Waals surface area contributed by atoms with Crippen molar-refractivity contribution < 1.29 is 0 Å². The highest BCUT2D eigenvalue weighted by molar-refractivity contribution is 5.53. The highest BCUT2D eigenvalue weighted by Gasteiger charge is 2.16. The van der Waals surface area contributed by atoms with Crippen molar-refractivity contribution in [3.05, 3.63) is 18.5 Å². The standard InChI is InChI=1S/C17H30N4/c1-3-8-19-16-12-17(14-18-13-16)20-9-6-11-21-10-5-4-7-15(21)2/h12-15,19-20H,3-11H2,1-2H3. The molecule has 1 aliphatic heterocycles. The average molecular weight is 290 g/mol. The molecule has 0 bridgehead atoms. The summed E-state index contributed by atoms with van der Waals surface area (Å²) in [4.78, 5) is 6.91. The van der Waals surface area contributed by atoms with E-state index in [1.165, 1.54) is 38.8 Å². The Kier molecular flexibility index (Phi) is 6.80. The second-order valence-electron chi connectivity index (χ2n) is 6.05. The van der Waals surface area contributed by atoms with E-state index in [9.17, 15) is 0 Å². The van der Waals surface area contributed by atoms with Gasteiger partial charge in [-0.2, -0.15) is 0 Å². The highest BCUT2D eigenvalue weighted by atomic mass is 15.2. The van der Waals surface area contributed by atoms with Gasteiger partial charge in [0.15, 0.2) is 0 Å². The topological polar surface area (TPSA) is 40.2 Å². The minimum atomic E-state index is 0.766. The molecular formula is C17H30N4. The maximum atomic E-state index is 4.28. The Bertz CT molecular complexity index is 408. The van der Waals surface area contributed by atoms with E-state index in [4.69, 9.17) is 0 Å². The van der Waals surface area contributed by atoms with E-state index in [-0.39, 0.29) is 0 Å². The fraction of sp³-hybridized carbons (Fsp3) is 0.706. The molecular weight excluding hydrogens is 260 g/mol. The van der Waals surface area contributed by atoms with Gasteiger partial charge in [-0.05, 0) is 45.2 Å². The number of hydrogen-bond donors (Lipinski definition) is 2. The van der Waals surface area contributed by atoms with E-state index in [1.54, 1.807) is 0 Å². The molecule has 21 heavy (non-hydrogen) atoms. The van der Waals surface area contributed by atoms with Crippen molar-refractivity contribution in [1.82, 2.24) is 9.88 Å². The molecule has 4 nitrogen and oxygen atoms in total. The second kappa shape index (κ2) is 8.88. The second-order valence-corrected chi connectivity index (χ2v) is 6.05. The van der Waals surface area contributed by atoms with Crippen LogP contribution >= 0.6 is 0 Å². The number of pyridine rings is 1. The SMILES string of the molecule is CCCNc1cncc(NCCCN2CCCCC2C)c1. The molecule has 4 heteroatoms. The van der Waals surface area contributed by atoms with Gasteiger partial charge in [-0.25, -0.2) is 0 Å². The highest BCUT2D eigenvalue weighted by Crippen LogP contribution is 2.17. The van der Waals surface area contributed by atoms with Crippen molar-refractivity contribution in [3.8, 4) is 0 Å². The lowest BCUT2D eigenvalue weighted by molar-refractivity contribution is 0.160. The number of piperidine rings is 1. The summed E-state index contributed by atoms with van der Waals surface area (Å²) in [7, 11) is 0. The summed E-state index contributed by atoms with van der Waals surface area (Å²) >= 11 is 0. The van der Waals surface area contributed by atoms with Crippen LogP contribution < -0.4 is 10.6 Å². The van der Waals surface area contributed by atoms with Crippen LogP contribution in [0, 0.1) is 0 Å². The zero-order valence-electron chi connectivity index (χ0n) is 13.6. The monoisotopic (exact) mass is 290 g/mol. The molecule has 1 aromatic rings. The molecule has 0 saturated carbocycles. The van der Waals surface area contributed by atoms with Crippen LogP contribution in [0.4, 0.5) is 11.4 Å². The normalized spacial score (nSPS) is 19.4. The van der Waals surface area contributed by atoms with Gasteiger partial charge in [0.25, 0.3) is 0 Å². The fourth-order valence-corrected chi connectivity index (χ4v) is 2.91. The Balaban J connectivity index is 1.68. The summed E-state index contributed by atoms with van der Waals surface area (Å²) in [5, 5.41) is 6.86. The molecule has 0 spiro atoms. The number of hydrogen-bond acceptors (Lipinski definition) is 4. The van der Waals surface area contributed by atoms with E-state index in [0.29, 0.717) is 0 Å². The van der Waals surface area contributed by atoms with Crippen LogP contribution in [0.3, 0.4) is 0 Å². The van der Waals surface area contributed by atoms with E-state index in [2.05, 4.69) is 40.4 Å². The van der Waals surface area contributed by atoms with Gasteiger partial charge in [-0.15, -0.1) is 0 Å². The number of anilines is 2. The Labute approximate surface area is 129 Å². The lowest BCUT2D eigenvalue weighted by Gasteiger charge is -2.33. The van der Waals surface area contributed by atoms with Crippen LogP contribution in [0.5, 0.6) is 0 Å². The zero-order valence-corrected chi connectivity index (χ0v) is 13.6. The lowest BCUT2D eigenvalue weighted by Crippen LogP contribution is -2.38. The van der Waals surface area contributed by atoms with Crippen molar-refractivity contribution in [2.45, 2.75) is 52.0 Å². The third kappa shape index (κ3) is 5.54. The van der Waals surface area contributed by atoms with E-state index in [1.807, 2.05) is 12.4 Å². The maximum Gasteiger partial charge on any atom is 0.0547 e. The predicted octanol–water partition coefficient (Wildman–Crippen LogP) is 3.58. The molecule has 0 radical (unpaired) electrons. The quantitative estimate of drug-likeness (QED) is 0.718.